The zero-order chi connectivity index (χ0) is 15.5. The minimum absolute atomic E-state index is 0.00512. The van der Waals surface area contributed by atoms with Crippen LogP contribution < -0.4 is 5.14 Å². The topological polar surface area (TPSA) is 89.7 Å². The third-order valence-electron chi connectivity index (χ3n) is 3.40. The molecule has 0 atom stereocenters. The van der Waals surface area contributed by atoms with Crippen molar-refractivity contribution in [2.75, 3.05) is 26.8 Å². The summed E-state index contributed by atoms with van der Waals surface area (Å²) in [6.45, 7) is 1.78. The highest BCUT2D eigenvalue weighted by atomic mass is 32.2. The lowest BCUT2D eigenvalue weighted by Gasteiger charge is -2.17. The van der Waals surface area contributed by atoms with E-state index in [2.05, 4.69) is 0 Å². The maximum Gasteiger partial charge on any atom is 0.253 e. The first-order chi connectivity index (χ1) is 9.88. The van der Waals surface area contributed by atoms with E-state index in [1.165, 1.54) is 37.1 Å². The van der Waals surface area contributed by atoms with Gasteiger partial charge in [-0.25, -0.2) is 13.6 Å². The molecule has 1 amide bonds. The maximum absolute atomic E-state index is 12.1. The van der Waals surface area contributed by atoms with Gasteiger partial charge in [0.2, 0.25) is 10.0 Å². The predicted molar refractivity (Wildman–Crippen MR) is 78.3 cm³/mol. The largest absolute Gasteiger partial charge is 0.379 e. The maximum atomic E-state index is 12.1. The van der Waals surface area contributed by atoms with Crippen molar-refractivity contribution >= 4 is 15.9 Å². The number of amides is 1. The molecule has 0 heterocycles. The Morgan fingerprint density at radius 1 is 1.33 bits per heavy atom. The number of sulfonamides is 1. The van der Waals surface area contributed by atoms with Crippen LogP contribution in [0.5, 0.6) is 0 Å². The Labute approximate surface area is 124 Å². The van der Waals surface area contributed by atoms with Crippen LogP contribution in [0.2, 0.25) is 0 Å². The van der Waals surface area contributed by atoms with Crippen molar-refractivity contribution < 1.29 is 17.9 Å². The molecule has 21 heavy (non-hydrogen) atoms. The van der Waals surface area contributed by atoms with Crippen LogP contribution in [0.3, 0.4) is 0 Å². The van der Waals surface area contributed by atoms with Gasteiger partial charge in [-0.1, -0.05) is 0 Å². The molecule has 2 N–H and O–H groups in total. The van der Waals surface area contributed by atoms with E-state index in [1.807, 2.05) is 0 Å². The molecule has 0 aromatic heterocycles. The van der Waals surface area contributed by atoms with Crippen LogP contribution in [0, 0.1) is 5.92 Å². The van der Waals surface area contributed by atoms with Crippen molar-refractivity contribution in [1.29, 1.82) is 0 Å². The number of benzene rings is 1. The van der Waals surface area contributed by atoms with Gasteiger partial charge in [-0.05, 0) is 43.0 Å². The summed E-state index contributed by atoms with van der Waals surface area (Å²) in [7, 11) is -2.04. The molecule has 0 radical (unpaired) electrons. The predicted octanol–water partition coefficient (Wildman–Crippen LogP) is 0.833. The van der Waals surface area contributed by atoms with E-state index in [0.29, 0.717) is 24.6 Å². The number of carbonyl (C=O) groups is 1. The van der Waals surface area contributed by atoms with Crippen molar-refractivity contribution in [3.63, 3.8) is 0 Å². The fourth-order valence-electron chi connectivity index (χ4n) is 1.85. The fraction of sp³-hybridized carbons (Fsp3) is 0.500. The average molecular weight is 312 g/mol. The third-order valence-corrected chi connectivity index (χ3v) is 4.33. The lowest BCUT2D eigenvalue weighted by molar-refractivity contribution is 0.0681. The van der Waals surface area contributed by atoms with Crippen LogP contribution in [0.4, 0.5) is 0 Å². The molecule has 0 unspecified atom stereocenters. The summed E-state index contributed by atoms with van der Waals surface area (Å²) in [6.07, 6.45) is 2.48. The molecule has 0 saturated heterocycles. The molecule has 0 bridgehead atoms. The second-order valence-corrected chi connectivity index (χ2v) is 6.88. The minimum Gasteiger partial charge on any atom is -0.379 e. The normalized spacial score (nSPS) is 15.0. The first-order valence-corrected chi connectivity index (χ1v) is 8.38. The second-order valence-electron chi connectivity index (χ2n) is 5.31. The zero-order valence-electron chi connectivity index (χ0n) is 12.0. The van der Waals surface area contributed by atoms with Crippen molar-refractivity contribution in [2.45, 2.75) is 17.7 Å². The highest BCUT2D eigenvalue weighted by Crippen LogP contribution is 2.28. The number of rotatable bonds is 7. The SMILES string of the molecule is CN(CCOCC1CC1)C(=O)c1ccc(S(N)(=O)=O)cc1. The Balaban J connectivity index is 1.85. The summed E-state index contributed by atoms with van der Waals surface area (Å²) in [4.78, 5) is 13.7. The van der Waals surface area contributed by atoms with Gasteiger partial charge in [0.25, 0.3) is 5.91 Å². The molecule has 7 heteroatoms. The molecule has 1 aromatic carbocycles. The third kappa shape index (κ3) is 4.80. The molecule has 6 nitrogen and oxygen atoms in total. The molecule has 1 aliphatic carbocycles. The summed E-state index contributed by atoms with van der Waals surface area (Å²) in [5.41, 5.74) is 0.423. The Bertz CT molecular complexity index is 594. The Morgan fingerprint density at radius 2 is 1.95 bits per heavy atom. The van der Waals surface area contributed by atoms with Gasteiger partial charge in [0.1, 0.15) is 0 Å². The number of nitrogens with zero attached hydrogens (tertiary/aromatic N) is 1. The number of primary sulfonamides is 1. The first-order valence-electron chi connectivity index (χ1n) is 6.84. The van der Waals surface area contributed by atoms with Gasteiger partial charge in [0, 0.05) is 25.8 Å². The van der Waals surface area contributed by atoms with Gasteiger partial charge in [-0.15, -0.1) is 0 Å². The number of hydrogen-bond donors (Lipinski definition) is 1. The van der Waals surface area contributed by atoms with Crippen LogP contribution >= 0.6 is 0 Å². The first kappa shape index (κ1) is 15.9. The Kier molecular flexibility index (Phi) is 4.97. The Hall–Kier alpha value is -1.44. The molecular formula is C14H20N2O4S. The van der Waals surface area contributed by atoms with Crippen molar-refractivity contribution in [2.24, 2.45) is 11.1 Å². The van der Waals surface area contributed by atoms with Crippen LogP contribution in [0.25, 0.3) is 0 Å². The van der Waals surface area contributed by atoms with Gasteiger partial charge in [-0.2, -0.15) is 0 Å². The highest BCUT2D eigenvalue weighted by molar-refractivity contribution is 7.89. The average Bonchev–Trinajstić information content (AvgIpc) is 3.26. The quantitative estimate of drug-likeness (QED) is 0.755. The van der Waals surface area contributed by atoms with Crippen molar-refractivity contribution in [1.82, 2.24) is 4.90 Å². The van der Waals surface area contributed by atoms with Gasteiger partial charge >= 0.3 is 0 Å². The van der Waals surface area contributed by atoms with E-state index in [-0.39, 0.29) is 10.8 Å². The van der Waals surface area contributed by atoms with Gasteiger partial charge < -0.3 is 9.64 Å². The monoisotopic (exact) mass is 312 g/mol. The van der Waals surface area contributed by atoms with Gasteiger partial charge in [-0.3, -0.25) is 4.79 Å². The lowest BCUT2D eigenvalue weighted by Crippen LogP contribution is -2.30. The molecular weight excluding hydrogens is 292 g/mol. The van der Waals surface area contributed by atoms with E-state index >= 15 is 0 Å². The van der Waals surface area contributed by atoms with E-state index in [4.69, 9.17) is 9.88 Å². The second kappa shape index (κ2) is 6.55. The summed E-state index contributed by atoms with van der Waals surface area (Å²) in [5, 5.41) is 5.01. The lowest BCUT2D eigenvalue weighted by atomic mass is 10.2. The summed E-state index contributed by atoms with van der Waals surface area (Å²) in [5.74, 6) is 0.530. The Morgan fingerprint density at radius 3 is 2.48 bits per heavy atom. The smallest absolute Gasteiger partial charge is 0.253 e. The number of nitrogens with two attached hydrogens (primary N) is 1. The van der Waals surface area contributed by atoms with E-state index in [1.54, 1.807) is 11.9 Å². The summed E-state index contributed by atoms with van der Waals surface area (Å²) >= 11 is 0. The van der Waals surface area contributed by atoms with Crippen molar-refractivity contribution in [3.8, 4) is 0 Å². The van der Waals surface area contributed by atoms with Crippen molar-refractivity contribution in [3.05, 3.63) is 29.8 Å². The molecule has 1 fully saturated rings. The number of carbonyl (C=O) groups excluding carboxylic acids is 1. The molecule has 1 aliphatic rings. The summed E-state index contributed by atoms with van der Waals surface area (Å²) < 4.78 is 27.8. The highest BCUT2D eigenvalue weighted by Gasteiger charge is 2.21. The van der Waals surface area contributed by atoms with E-state index in [0.717, 1.165) is 6.61 Å². The number of hydrogen-bond acceptors (Lipinski definition) is 4. The van der Waals surface area contributed by atoms with Crippen LogP contribution in [0.15, 0.2) is 29.2 Å². The number of likely N-dealkylation sites (N-methyl/N-ethyl adjacent to an activating group) is 1. The van der Waals surface area contributed by atoms with Crippen LogP contribution in [-0.4, -0.2) is 46.0 Å². The molecule has 0 spiro atoms. The number of ether oxygens (including phenoxy) is 1. The summed E-state index contributed by atoms with van der Waals surface area (Å²) in [6, 6.07) is 5.59. The van der Waals surface area contributed by atoms with Crippen LogP contribution in [0.1, 0.15) is 23.2 Å². The van der Waals surface area contributed by atoms with E-state index in [9.17, 15) is 13.2 Å². The van der Waals surface area contributed by atoms with E-state index < -0.39 is 10.0 Å². The molecule has 0 aliphatic heterocycles. The zero-order valence-corrected chi connectivity index (χ0v) is 12.8. The minimum atomic E-state index is -3.73. The van der Waals surface area contributed by atoms with Crippen LogP contribution in [-0.2, 0) is 14.8 Å². The molecule has 1 saturated carbocycles. The van der Waals surface area contributed by atoms with Gasteiger partial charge in [0.15, 0.2) is 0 Å². The molecule has 2 rings (SSSR count). The fourth-order valence-corrected chi connectivity index (χ4v) is 2.36. The molecule has 1 aromatic rings. The molecule has 116 valence electrons. The van der Waals surface area contributed by atoms with Gasteiger partial charge in [0.05, 0.1) is 11.5 Å². The standard InChI is InChI=1S/C14H20N2O4S/c1-16(8-9-20-10-11-2-3-11)14(17)12-4-6-13(7-5-12)21(15,18)19/h4-7,11H,2-3,8-10H2,1H3,(H2,15,18,19).